The van der Waals surface area contributed by atoms with Gasteiger partial charge in [-0.05, 0) is 30.3 Å². The molecule has 0 bridgehead atoms. The van der Waals surface area contributed by atoms with E-state index in [0.717, 1.165) is 0 Å². The summed E-state index contributed by atoms with van der Waals surface area (Å²) in [6.45, 7) is -2.99. The number of ether oxygens (including phenoxy) is 1. The second-order valence-electron chi connectivity index (χ2n) is 4.07. The third kappa shape index (κ3) is 3.82. The molecule has 0 aromatic heterocycles. The lowest BCUT2D eigenvalue weighted by Gasteiger charge is -2.12. The fourth-order valence-corrected chi connectivity index (χ4v) is 1.88. The number of rotatable bonds is 4. The monoisotopic (exact) mass is 312 g/mol. The molecule has 3 N–H and O–H groups in total. The standard InChI is InChI=1S/C14H11ClF2N2O2/c15-10-6-5-8(18)7-9(10)13(20)19-11-3-1-2-4-12(11)21-14(16)17/h1-7,14H,18H2,(H,19,20). The largest absolute Gasteiger partial charge is 0.433 e. The summed E-state index contributed by atoms with van der Waals surface area (Å²) in [5.41, 5.74) is 6.21. The molecule has 0 aliphatic carbocycles. The highest BCUT2D eigenvalue weighted by molar-refractivity contribution is 6.34. The SMILES string of the molecule is Nc1ccc(Cl)c(C(=O)Nc2ccccc2OC(F)F)c1. The number of benzene rings is 2. The molecule has 0 fully saturated rings. The Morgan fingerprint density at radius 2 is 1.95 bits per heavy atom. The van der Waals surface area contributed by atoms with E-state index in [9.17, 15) is 13.6 Å². The Kier molecular flexibility index (Phi) is 4.59. The van der Waals surface area contributed by atoms with E-state index >= 15 is 0 Å². The minimum absolute atomic E-state index is 0.112. The van der Waals surface area contributed by atoms with Gasteiger partial charge in [0.05, 0.1) is 16.3 Å². The van der Waals surface area contributed by atoms with Crippen molar-refractivity contribution in [1.29, 1.82) is 0 Å². The minimum atomic E-state index is -2.99. The van der Waals surface area contributed by atoms with Crippen LogP contribution in [0.15, 0.2) is 42.5 Å². The second kappa shape index (κ2) is 6.41. The average Bonchev–Trinajstić information content (AvgIpc) is 2.43. The van der Waals surface area contributed by atoms with E-state index in [-0.39, 0.29) is 22.0 Å². The molecule has 0 heterocycles. The number of halogens is 3. The molecular weight excluding hydrogens is 302 g/mol. The highest BCUT2D eigenvalue weighted by Gasteiger charge is 2.15. The molecule has 0 unspecified atom stereocenters. The number of alkyl halides is 2. The van der Waals surface area contributed by atoms with Crippen LogP contribution < -0.4 is 15.8 Å². The number of carbonyl (C=O) groups excluding carboxylic acids is 1. The average molecular weight is 313 g/mol. The van der Waals surface area contributed by atoms with Gasteiger partial charge in [-0.25, -0.2) is 0 Å². The van der Waals surface area contributed by atoms with Crippen LogP contribution in [0.4, 0.5) is 20.2 Å². The van der Waals surface area contributed by atoms with Crippen LogP contribution in [0.5, 0.6) is 5.75 Å². The first-order chi connectivity index (χ1) is 9.97. The molecule has 2 aromatic carbocycles. The maximum absolute atomic E-state index is 12.3. The number of nitrogens with two attached hydrogens (primary N) is 1. The number of anilines is 2. The van der Waals surface area contributed by atoms with Gasteiger partial charge in [-0.15, -0.1) is 0 Å². The highest BCUT2D eigenvalue weighted by atomic mass is 35.5. The molecule has 1 amide bonds. The summed E-state index contributed by atoms with van der Waals surface area (Å²) in [5.74, 6) is -0.710. The molecule has 110 valence electrons. The Morgan fingerprint density at radius 1 is 1.24 bits per heavy atom. The predicted octanol–water partition coefficient (Wildman–Crippen LogP) is 3.78. The zero-order valence-corrected chi connectivity index (χ0v) is 11.4. The number of carbonyl (C=O) groups is 1. The lowest BCUT2D eigenvalue weighted by atomic mass is 10.2. The van der Waals surface area contributed by atoms with Crippen molar-refractivity contribution < 1.29 is 18.3 Å². The van der Waals surface area contributed by atoms with Gasteiger partial charge in [0.1, 0.15) is 5.75 Å². The van der Waals surface area contributed by atoms with Gasteiger partial charge in [0, 0.05) is 5.69 Å². The Hall–Kier alpha value is -2.34. The molecule has 0 aliphatic rings. The van der Waals surface area contributed by atoms with Crippen LogP contribution in [-0.4, -0.2) is 12.5 Å². The number of amides is 1. The van der Waals surface area contributed by atoms with Crippen molar-refractivity contribution in [2.45, 2.75) is 6.61 Å². The number of para-hydroxylation sites is 2. The van der Waals surface area contributed by atoms with Crippen molar-refractivity contribution in [2.24, 2.45) is 0 Å². The van der Waals surface area contributed by atoms with Crippen molar-refractivity contribution in [3.05, 3.63) is 53.1 Å². The summed E-state index contributed by atoms with van der Waals surface area (Å²) in [6, 6.07) is 10.3. The van der Waals surface area contributed by atoms with E-state index in [1.54, 1.807) is 12.1 Å². The molecule has 4 nitrogen and oxygen atoms in total. The molecule has 21 heavy (non-hydrogen) atoms. The first kappa shape index (κ1) is 15.1. The van der Waals surface area contributed by atoms with Gasteiger partial charge >= 0.3 is 6.61 Å². The number of hydrogen-bond acceptors (Lipinski definition) is 3. The van der Waals surface area contributed by atoms with Crippen LogP contribution in [0.2, 0.25) is 5.02 Å². The fourth-order valence-electron chi connectivity index (χ4n) is 1.68. The van der Waals surface area contributed by atoms with Crippen LogP contribution in [0, 0.1) is 0 Å². The van der Waals surface area contributed by atoms with E-state index in [0.29, 0.717) is 5.69 Å². The maximum atomic E-state index is 12.3. The smallest absolute Gasteiger partial charge is 0.387 e. The quantitative estimate of drug-likeness (QED) is 0.845. The number of hydrogen-bond donors (Lipinski definition) is 2. The molecule has 7 heteroatoms. The summed E-state index contributed by atoms with van der Waals surface area (Å²) in [4.78, 5) is 12.1. The third-order valence-corrected chi connectivity index (χ3v) is 2.92. The first-order valence-electron chi connectivity index (χ1n) is 5.87. The molecule has 0 saturated heterocycles. The minimum Gasteiger partial charge on any atom is -0.433 e. The molecule has 0 spiro atoms. The zero-order chi connectivity index (χ0) is 15.4. The van der Waals surface area contributed by atoms with E-state index in [1.165, 1.54) is 30.3 Å². The van der Waals surface area contributed by atoms with E-state index < -0.39 is 12.5 Å². The van der Waals surface area contributed by atoms with Crippen LogP contribution in [0.3, 0.4) is 0 Å². The van der Waals surface area contributed by atoms with E-state index in [1.807, 2.05) is 0 Å². The third-order valence-electron chi connectivity index (χ3n) is 2.59. The van der Waals surface area contributed by atoms with Gasteiger partial charge < -0.3 is 15.8 Å². The molecule has 2 rings (SSSR count). The highest BCUT2D eigenvalue weighted by Crippen LogP contribution is 2.27. The maximum Gasteiger partial charge on any atom is 0.387 e. The summed E-state index contributed by atoms with van der Waals surface area (Å²) in [6.07, 6.45) is 0. The number of nitrogens with one attached hydrogen (secondary N) is 1. The van der Waals surface area contributed by atoms with E-state index in [2.05, 4.69) is 10.1 Å². The van der Waals surface area contributed by atoms with Gasteiger partial charge in [0.15, 0.2) is 0 Å². The molecule has 0 aliphatic heterocycles. The number of nitrogen functional groups attached to an aromatic ring is 1. The zero-order valence-electron chi connectivity index (χ0n) is 10.6. The van der Waals surface area contributed by atoms with Crippen molar-refractivity contribution in [3.8, 4) is 5.75 Å². The van der Waals surface area contributed by atoms with Crippen LogP contribution in [-0.2, 0) is 0 Å². The van der Waals surface area contributed by atoms with Crippen LogP contribution >= 0.6 is 11.6 Å². The first-order valence-corrected chi connectivity index (χ1v) is 6.25. The van der Waals surface area contributed by atoms with Gasteiger partial charge in [0.2, 0.25) is 0 Å². The Balaban J connectivity index is 2.25. The Labute approximate surface area is 124 Å². The van der Waals surface area contributed by atoms with Crippen molar-refractivity contribution in [1.82, 2.24) is 0 Å². The van der Waals surface area contributed by atoms with Gasteiger partial charge in [-0.3, -0.25) is 4.79 Å². The second-order valence-corrected chi connectivity index (χ2v) is 4.48. The van der Waals surface area contributed by atoms with Gasteiger partial charge in [-0.1, -0.05) is 23.7 Å². The van der Waals surface area contributed by atoms with Gasteiger partial charge in [-0.2, -0.15) is 8.78 Å². The molecule has 2 aromatic rings. The normalized spacial score (nSPS) is 10.5. The summed E-state index contributed by atoms with van der Waals surface area (Å²) in [7, 11) is 0. The molecule has 0 atom stereocenters. The van der Waals surface area contributed by atoms with Crippen LogP contribution in [0.25, 0.3) is 0 Å². The van der Waals surface area contributed by atoms with E-state index in [4.69, 9.17) is 17.3 Å². The summed E-state index contributed by atoms with van der Waals surface area (Å²) < 4.78 is 28.9. The molecule has 0 saturated carbocycles. The molecule has 0 radical (unpaired) electrons. The summed E-state index contributed by atoms with van der Waals surface area (Å²) in [5, 5.41) is 2.67. The van der Waals surface area contributed by atoms with Crippen molar-refractivity contribution in [3.63, 3.8) is 0 Å². The lowest BCUT2D eigenvalue weighted by molar-refractivity contribution is -0.0493. The summed E-state index contributed by atoms with van der Waals surface area (Å²) >= 11 is 5.91. The predicted molar refractivity (Wildman–Crippen MR) is 76.9 cm³/mol. The van der Waals surface area contributed by atoms with Crippen LogP contribution in [0.1, 0.15) is 10.4 Å². The van der Waals surface area contributed by atoms with Gasteiger partial charge in [0.25, 0.3) is 5.91 Å². The fraction of sp³-hybridized carbons (Fsp3) is 0.0714. The topological polar surface area (TPSA) is 64.4 Å². The molecular formula is C14H11ClF2N2O2. The Bertz CT molecular complexity index is 665. The Morgan fingerprint density at radius 3 is 2.67 bits per heavy atom. The lowest BCUT2D eigenvalue weighted by Crippen LogP contribution is -2.14. The van der Waals surface area contributed by atoms with Crippen molar-refractivity contribution >= 4 is 28.9 Å². The van der Waals surface area contributed by atoms with Crippen molar-refractivity contribution in [2.75, 3.05) is 11.1 Å².